The number of hydrogen-bond donors (Lipinski definition) is 2. The molecule has 0 bridgehead atoms. The minimum Gasteiger partial charge on any atom is -0.368 e. The molecule has 1 aromatic carbocycles. The molecular formula is C22H24N8. The number of hydrogen-bond acceptors (Lipinski definition) is 7. The van der Waals surface area contributed by atoms with Crippen LogP contribution >= 0.6 is 0 Å². The Morgan fingerprint density at radius 2 is 1.80 bits per heavy atom. The van der Waals surface area contributed by atoms with Crippen LogP contribution in [0.3, 0.4) is 0 Å². The molecule has 8 heteroatoms. The van der Waals surface area contributed by atoms with Gasteiger partial charge in [-0.2, -0.15) is 4.98 Å². The Bertz CT molecular complexity index is 1180. The van der Waals surface area contributed by atoms with Gasteiger partial charge in [0, 0.05) is 63.3 Å². The summed E-state index contributed by atoms with van der Waals surface area (Å²) in [5.41, 5.74) is 11.7. The number of rotatable bonds is 4. The van der Waals surface area contributed by atoms with Crippen molar-refractivity contribution in [1.82, 2.24) is 34.7 Å². The van der Waals surface area contributed by atoms with E-state index in [0.717, 1.165) is 60.8 Å². The molecule has 4 aromatic rings. The van der Waals surface area contributed by atoms with E-state index in [1.807, 2.05) is 23.9 Å². The summed E-state index contributed by atoms with van der Waals surface area (Å²) in [4.78, 5) is 20.0. The zero-order chi connectivity index (χ0) is 20.5. The van der Waals surface area contributed by atoms with Crippen molar-refractivity contribution < 1.29 is 0 Å². The van der Waals surface area contributed by atoms with Gasteiger partial charge < -0.3 is 15.6 Å². The number of nitrogens with one attached hydrogen (secondary N) is 1. The maximum Gasteiger partial charge on any atom is 0.222 e. The summed E-state index contributed by atoms with van der Waals surface area (Å²) in [5, 5.41) is 3.40. The lowest BCUT2D eigenvalue weighted by molar-refractivity contribution is 0.233. The van der Waals surface area contributed by atoms with Crippen LogP contribution in [0.4, 0.5) is 5.95 Å². The highest BCUT2D eigenvalue weighted by molar-refractivity contribution is 5.84. The highest BCUT2D eigenvalue weighted by Crippen LogP contribution is 2.32. The second-order valence-electron chi connectivity index (χ2n) is 7.58. The van der Waals surface area contributed by atoms with Crippen molar-refractivity contribution in [3.8, 4) is 22.5 Å². The number of aryl methyl sites for hydroxylation is 1. The Kier molecular flexibility index (Phi) is 4.86. The third kappa shape index (κ3) is 3.51. The topological polar surface area (TPSA) is 97.8 Å². The SMILES string of the molecule is Cn1c(-c2ccncc2-c2ccc(CN3CCNCC3)cc2)nc2cnc(N)nc21. The Labute approximate surface area is 174 Å². The van der Waals surface area contributed by atoms with Gasteiger partial charge in [-0.3, -0.25) is 9.88 Å². The number of nitrogen functional groups attached to an aromatic ring is 1. The van der Waals surface area contributed by atoms with E-state index in [-0.39, 0.29) is 5.95 Å². The molecular weight excluding hydrogens is 376 g/mol. The van der Waals surface area contributed by atoms with Crippen LogP contribution in [-0.4, -0.2) is 55.6 Å². The molecule has 30 heavy (non-hydrogen) atoms. The largest absolute Gasteiger partial charge is 0.368 e. The molecule has 0 aliphatic carbocycles. The van der Waals surface area contributed by atoms with E-state index < -0.39 is 0 Å². The fourth-order valence-corrected chi connectivity index (χ4v) is 3.97. The number of fused-ring (bicyclic) bond motifs is 1. The molecule has 5 rings (SSSR count). The van der Waals surface area contributed by atoms with Gasteiger partial charge in [0.1, 0.15) is 11.3 Å². The summed E-state index contributed by atoms with van der Waals surface area (Å²) < 4.78 is 1.95. The summed E-state index contributed by atoms with van der Waals surface area (Å²) in [6.07, 6.45) is 5.34. The predicted octanol–water partition coefficient (Wildman–Crippen LogP) is 2.08. The number of nitrogens with zero attached hydrogens (tertiary/aromatic N) is 6. The van der Waals surface area contributed by atoms with Gasteiger partial charge in [-0.1, -0.05) is 24.3 Å². The van der Waals surface area contributed by atoms with Crippen LogP contribution in [0.1, 0.15) is 5.56 Å². The van der Waals surface area contributed by atoms with Gasteiger partial charge in [-0.15, -0.1) is 0 Å². The van der Waals surface area contributed by atoms with Crippen molar-refractivity contribution in [2.45, 2.75) is 6.54 Å². The van der Waals surface area contributed by atoms with Gasteiger partial charge in [0.05, 0.1) is 6.20 Å². The molecule has 152 valence electrons. The van der Waals surface area contributed by atoms with Crippen LogP contribution in [0.25, 0.3) is 33.7 Å². The highest BCUT2D eigenvalue weighted by Gasteiger charge is 2.16. The Balaban J connectivity index is 1.49. The first-order chi connectivity index (χ1) is 14.7. The van der Waals surface area contributed by atoms with E-state index >= 15 is 0 Å². The predicted molar refractivity (Wildman–Crippen MR) is 118 cm³/mol. The van der Waals surface area contributed by atoms with Gasteiger partial charge in [-0.25, -0.2) is 9.97 Å². The summed E-state index contributed by atoms with van der Waals surface area (Å²) in [7, 11) is 1.94. The molecule has 0 spiro atoms. The molecule has 3 N–H and O–H groups in total. The van der Waals surface area contributed by atoms with Crippen LogP contribution in [0.5, 0.6) is 0 Å². The third-order valence-corrected chi connectivity index (χ3v) is 5.57. The fourth-order valence-electron chi connectivity index (χ4n) is 3.97. The molecule has 1 saturated heterocycles. The molecule has 1 fully saturated rings. The lowest BCUT2D eigenvalue weighted by Gasteiger charge is -2.27. The Morgan fingerprint density at radius 1 is 1.00 bits per heavy atom. The van der Waals surface area contributed by atoms with Crippen molar-refractivity contribution in [3.05, 3.63) is 54.5 Å². The highest BCUT2D eigenvalue weighted by atomic mass is 15.2. The summed E-state index contributed by atoms with van der Waals surface area (Å²) in [5.74, 6) is 1.05. The van der Waals surface area contributed by atoms with E-state index in [4.69, 9.17) is 10.7 Å². The van der Waals surface area contributed by atoms with Crippen LogP contribution in [-0.2, 0) is 13.6 Å². The van der Waals surface area contributed by atoms with Crippen LogP contribution in [0, 0.1) is 0 Å². The average molecular weight is 400 g/mol. The van der Waals surface area contributed by atoms with Gasteiger partial charge in [0.15, 0.2) is 5.65 Å². The summed E-state index contributed by atoms with van der Waals surface area (Å²) in [6, 6.07) is 10.7. The zero-order valence-electron chi connectivity index (χ0n) is 16.9. The molecule has 0 amide bonds. The third-order valence-electron chi connectivity index (χ3n) is 5.57. The van der Waals surface area contributed by atoms with E-state index in [9.17, 15) is 0 Å². The molecule has 1 aliphatic heterocycles. The molecule has 3 aromatic heterocycles. The lowest BCUT2D eigenvalue weighted by atomic mass is 10.00. The maximum atomic E-state index is 5.76. The van der Waals surface area contributed by atoms with Gasteiger partial charge >= 0.3 is 0 Å². The average Bonchev–Trinajstić information content (AvgIpc) is 3.11. The number of imidazole rings is 1. The number of nitrogens with two attached hydrogens (primary N) is 1. The van der Waals surface area contributed by atoms with E-state index in [1.54, 1.807) is 12.4 Å². The number of pyridine rings is 1. The second kappa shape index (κ2) is 7.81. The number of anilines is 1. The standard InChI is InChI=1S/C22H24N8/c1-29-20(27-19-13-26-22(23)28-21(19)29)17-6-7-25-12-18(17)16-4-2-15(3-5-16)14-30-10-8-24-9-11-30/h2-7,12-13,24H,8-11,14H2,1H3,(H2,23,26,28). The first-order valence-electron chi connectivity index (χ1n) is 10.1. The Morgan fingerprint density at radius 3 is 2.60 bits per heavy atom. The molecule has 1 aliphatic rings. The molecule has 0 atom stereocenters. The van der Waals surface area contributed by atoms with Crippen molar-refractivity contribution in [2.24, 2.45) is 7.05 Å². The van der Waals surface area contributed by atoms with Gasteiger partial charge in [-0.05, 0) is 17.2 Å². The first-order valence-corrected chi connectivity index (χ1v) is 10.1. The van der Waals surface area contributed by atoms with Crippen molar-refractivity contribution in [2.75, 3.05) is 31.9 Å². The zero-order valence-corrected chi connectivity index (χ0v) is 16.9. The molecule has 8 nitrogen and oxygen atoms in total. The minimum atomic E-state index is 0.243. The quantitative estimate of drug-likeness (QED) is 0.541. The van der Waals surface area contributed by atoms with Gasteiger partial charge in [0.25, 0.3) is 0 Å². The lowest BCUT2D eigenvalue weighted by Crippen LogP contribution is -2.42. The number of piperazine rings is 1. The maximum absolute atomic E-state index is 5.76. The molecule has 0 radical (unpaired) electrons. The first kappa shape index (κ1) is 18.7. The monoisotopic (exact) mass is 400 g/mol. The van der Waals surface area contributed by atoms with Crippen molar-refractivity contribution >= 4 is 17.1 Å². The van der Waals surface area contributed by atoms with Crippen molar-refractivity contribution in [1.29, 1.82) is 0 Å². The molecule has 0 unspecified atom stereocenters. The van der Waals surface area contributed by atoms with Crippen LogP contribution in [0.15, 0.2) is 48.9 Å². The van der Waals surface area contributed by atoms with E-state index in [2.05, 4.69) is 49.4 Å². The second-order valence-corrected chi connectivity index (χ2v) is 7.58. The Hall–Kier alpha value is -3.36. The smallest absolute Gasteiger partial charge is 0.222 e. The molecule has 0 saturated carbocycles. The van der Waals surface area contributed by atoms with Crippen LogP contribution in [0.2, 0.25) is 0 Å². The van der Waals surface area contributed by atoms with E-state index in [0.29, 0.717) is 5.65 Å². The fraction of sp³-hybridized carbons (Fsp3) is 0.273. The minimum absolute atomic E-state index is 0.243. The van der Waals surface area contributed by atoms with Crippen LogP contribution < -0.4 is 11.1 Å². The summed E-state index contributed by atoms with van der Waals surface area (Å²) in [6.45, 7) is 5.28. The van der Waals surface area contributed by atoms with E-state index in [1.165, 1.54) is 5.56 Å². The van der Waals surface area contributed by atoms with Crippen molar-refractivity contribution in [3.63, 3.8) is 0 Å². The number of aromatic nitrogens is 5. The van der Waals surface area contributed by atoms with Gasteiger partial charge in [0.2, 0.25) is 5.95 Å². The normalized spacial score (nSPS) is 15.0. The number of benzene rings is 1. The summed E-state index contributed by atoms with van der Waals surface area (Å²) >= 11 is 0. The molecule has 4 heterocycles.